The highest BCUT2D eigenvalue weighted by Crippen LogP contribution is 2.55. The lowest BCUT2D eigenvalue weighted by Gasteiger charge is -2.41. The van der Waals surface area contributed by atoms with Crippen LogP contribution in [-0.4, -0.2) is 11.7 Å². The van der Waals surface area contributed by atoms with E-state index in [1.165, 1.54) is 0 Å². The van der Waals surface area contributed by atoms with Gasteiger partial charge in [-0.2, -0.15) is 5.26 Å². The van der Waals surface area contributed by atoms with Gasteiger partial charge < -0.3 is 15.8 Å². The maximum atomic E-state index is 13.2. The molecule has 26 heavy (non-hydrogen) atoms. The molecule has 3 N–H and O–H groups in total. The number of hydrogen-bond acceptors (Lipinski definition) is 5. The van der Waals surface area contributed by atoms with Gasteiger partial charge in [0.1, 0.15) is 22.8 Å². The number of aryl methyl sites for hydroxylation is 1. The zero-order chi connectivity index (χ0) is 18.9. The number of Topliss-reactive ketones (excluding diaryl/α,β-unsaturated/α-hetero) is 1. The number of carbonyl (C=O) groups is 2. The van der Waals surface area contributed by atoms with E-state index in [9.17, 15) is 14.9 Å². The van der Waals surface area contributed by atoms with Crippen LogP contribution in [0, 0.1) is 23.7 Å². The van der Waals surface area contributed by atoms with Crippen LogP contribution in [0.2, 0.25) is 0 Å². The first kappa shape index (κ1) is 16.4. The zero-order valence-corrected chi connectivity index (χ0v) is 14.9. The summed E-state index contributed by atoms with van der Waals surface area (Å²) in [5.41, 5.74) is 6.56. The van der Waals surface area contributed by atoms with E-state index in [2.05, 4.69) is 5.32 Å². The van der Waals surface area contributed by atoms with Gasteiger partial charge in [-0.3, -0.25) is 9.59 Å². The molecule has 0 saturated carbocycles. The van der Waals surface area contributed by atoms with E-state index in [1.54, 1.807) is 6.07 Å². The van der Waals surface area contributed by atoms with E-state index >= 15 is 0 Å². The predicted molar refractivity (Wildman–Crippen MR) is 94.4 cm³/mol. The van der Waals surface area contributed by atoms with Gasteiger partial charge in [0, 0.05) is 24.1 Å². The van der Waals surface area contributed by atoms with Crippen molar-refractivity contribution < 1.29 is 14.3 Å². The molecule has 1 atom stereocenters. The van der Waals surface area contributed by atoms with Crippen molar-refractivity contribution in [2.45, 2.75) is 39.0 Å². The Morgan fingerprint density at radius 2 is 2.00 bits per heavy atom. The average molecular weight is 349 g/mol. The highest BCUT2D eigenvalue weighted by Gasteiger charge is 2.60. The van der Waals surface area contributed by atoms with Crippen LogP contribution in [0.25, 0.3) is 0 Å². The van der Waals surface area contributed by atoms with Crippen LogP contribution in [0.5, 0.6) is 0 Å². The normalized spacial score (nSPS) is 26.2. The molecule has 1 amide bonds. The van der Waals surface area contributed by atoms with Gasteiger partial charge in [0.15, 0.2) is 5.78 Å². The minimum atomic E-state index is -1.53. The lowest BCUT2D eigenvalue weighted by atomic mass is 9.62. The molecule has 0 radical (unpaired) electrons. The van der Waals surface area contributed by atoms with Crippen LogP contribution in [0.15, 0.2) is 41.0 Å². The molecule has 0 unspecified atom stereocenters. The van der Waals surface area contributed by atoms with E-state index in [0.29, 0.717) is 23.4 Å². The summed E-state index contributed by atoms with van der Waals surface area (Å²) in [7, 11) is 0. The van der Waals surface area contributed by atoms with Crippen LogP contribution in [0.4, 0.5) is 5.69 Å². The quantitative estimate of drug-likeness (QED) is 0.749. The van der Waals surface area contributed by atoms with Crippen molar-refractivity contribution in [2.75, 3.05) is 5.32 Å². The molecule has 6 heteroatoms. The molecule has 1 aromatic rings. The second kappa shape index (κ2) is 4.98. The molecule has 6 nitrogen and oxygen atoms in total. The summed E-state index contributed by atoms with van der Waals surface area (Å²) < 4.78 is 5.69. The molecular weight excluding hydrogens is 330 g/mol. The van der Waals surface area contributed by atoms with E-state index in [1.807, 2.05) is 39.0 Å². The molecule has 132 valence electrons. The van der Waals surface area contributed by atoms with Crippen molar-refractivity contribution in [1.29, 1.82) is 5.26 Å². The summed E-state index contributed by atoms with van der Waals surface area (Å²) in [6, 6.07) is 7.53. The smallest absolute Gasteiger partial charge is 0.245 e. The Balaban J connectivity index is 2.10. The summed E-state index contributed by atoms with van der Waals surface area (Å²) in [5.74, 6) is -0.323. The summed E-state index contributed by atoms with van der Waals surface area (Å²) in [6.07, 6.45) is 0.758. The highest BCUT2D eigenvalue weighted by molar-refractivity contribution is 6.19. The highest BCUT2D eigenvalue weighted by atomic mass is 16.5. The van der Waals surface area contributed by atoms with Crippen LogP contribution >= 0.6 is 0 Å². The van der Waals surface area contributed by atoms with Crippen molar-refractivity contribution in [1.82, 2.24) is 0 Å². The molecule has 0 saturated heterocycles. The molecule has 1 aromatic carbocycles. The molecule has 1 aliphatic carbocycles. The van der Waals surface area contributed by atoms with Gasteiger partial charge in [-0.05, 0) is 18.4 Å². The van der Waals surface area contributed by atoms with Crippen molar-refractivity contribution in [3.63, 3.8) is 0 Å². The van der Waals surface area contributed by atoms with E-state index in [4.69, 9.17) is 10.5 Å². The van der Waals surface area contributed by atoms with Gasteiger partial charge in [0.25, 0.3) is 0 Å². The molecular formula is C20H19N3O3. The number of hydrogen-bond donors (Lipinski definition) is 2. The molecule has 2 heterocycles. The first-order chi connectivity index (χ1) is 12.2. The lowest BCUT2D eigenvalue weighted by Crippen LogP contribution is -2.48. The fraction of sp³-hybridized carbons (Fsp3) is 0.350. The van der Waals surface area contributed by atoms with Crippen LogP contribution in [0.1, 0.15) is 37.8 Å². The van der Waals surface area contributed by atoms with Crippen LogP contribution in [-0.2, 0) is 19.7 Å². The number of rotatable bonds is 0. The van der Waals surface area contributed by atoms with Gasteiger partial charge in [-0.25, -0.2) is 0 Å². The number of anilines is 1. The summed E-state index contributed by atoms with van der Waals surface area (Å²) in [4.78, 5) is 26.3. The summed E-state index contributed by atoms with van der Waals surface area (Å²) in [6.45, 7) is 5.84. The average Bonchev–Trinajstić information content (AvgIpc) is 2.79. The van der Waals surface area contributed by atoms with Crippen molar-refractivity contribution in [3.05, 3.63) is 52.1 Å². The Labute approximate surface area is 151 Å². The van der Waals surface area contributed by atoms with Gasteiger partial charge in [-0.15, -0.1) is 0 Å². The zero-order valence-electron chi connectivity index (χ0n) is 14.9. The molecule has 0 bridgehead atoms. The summed E-state index contributed by atoms with van der Waals surface area (Å²) >= 11 is 0. The number of amides is 1. The standard InChI is InChI=1S/C20H19N3O3/c1-10-4-5-13-11(6-10)20(18(25)23-13)12(9-21)17(22)26-15-8-19(2,3)7-14(24)16(15)20/h4-6H,7-8,22H2,1-3H3,(H,23,25)/t20-/m0/s1. The predicted octanol–water partition coefficient (Wildman–Crippen LogP) is 2.55. The fourth-order valence-electron chi connectivity index (χ4n) is 4.31. The lowest BCUT2D eigenvalue weighted by molar-refractivity contribution is -0.124. The monoisotopic (exact) mass is 349 g/mol. The van der Waals surface area contributed by atoms with Gasteiger partial charge in [0.2, 0.25) is 11.8 Å². The van der Waals surface area contributed by atoms with Crippen molar-refractivity contribution in [2.24, 2.45) is 11.1 Å². The molecule has 3 aliphatic rings. The fourth-order valence-corrected chi connectivity index (χ4v) is 4.31. The molecule has 0 fully saturated rings. The maximum absolute atomic E-state index is 13.2. The van der Waals surface area contributed by atoms with Gasteiger partial charge >= 0.3 is 0 Å². The number of allylic oxidation sites excluding steroid dienone is 1. The SMILES string of the molecule is Cc1ccc2c(c1)[C@]1(C(=O)N2)C(C#N)=C(N)OC2=C1C(=O)CC(C)(C)C2. The summed E-state index contributed by atoms with van der Waals surface area (Å²) in [5, 5.41) is 12.6. The van der Waals surface area contributed by atoms with Crippen molar-refractivity contribution >= 4 is 17.4 Å². The Hall–Kier alpha value is -3.07. The number of fused-ring (bicyclic) bond motifs is 3. The van der Waals surface area contributed by atoms with E-state index in [0.717, 1.165) is 5.56 Å². The third kappa shape index (κ3) is 1.91. The Morgan fingerprint density at radius 3 is 2.69 bits per heavy atom. The third-order valence-corrected chi connectivity index (χ3v) is 5.35. The number of ketones is 1. The number of nitriles is 1. The third-order valence-electron chi connectivity index (χ3n) is 5.35. The first-order valence-corrected chi connectivity index (χ1v) is 8.48. The second-order valence-electron chi connectivity index (χ2n) is 7.95. The van der Waals surface area contributed by atoms with E-state index in [-0.39, 0.29) is 34.6 Å². The molecule has 1 spiro atoms. The number of carbonyl (C=O) groups excluding carboxylic acids is 2. The minimum absolute atomic E-state index is 0.0221. The number of nitrogens with zero attached hydrogens (tertiary/aromatic N) is 1. The topological polar surface area (TPSA) is 105 Å². The maximum Gasteiger partial charge on any atom is 0.245 e. The molecule has 4 rings (SSSR count). The minimum Gasteiger partial charge on any atom is -0.444 e. The Morgan fingerprint density at radius 1 is 1.27 bits per heavy atom. The van der Waals surface area contributed by atoms with Gasteiger partial charge in [-0.1, -0.05) is 31.5 Å². The molecule has 0 aromatic heterocycles. The number of ether oxygens (including phenoxy) is 1. The Kier molecular flexibility index (Phi) is 3.14. The number of nitrogens with one attached hydrogen (secondary N) is 1. The first-order valence-electron chi connectivity index (χ1n) is 8.48. The van der Waals surface area contributed by atoms with E-state index < -0.39 is 11.3 Å². The number of benzene rings is 1. The van der Waals surface area contributed by atoms with Crippen LogP contribution in [0.3, 0.4) is 0 Å². The second-order valence-corrected chi connectivity index (χ2v) is 7.95. The molecule has 2 aliphatic heterocycles. The van der Waals surface area contributed by atoms with Crippen LogP contribution < -0.4 is 11.1 Å². The van der Waals surface area contributed by atoms with Gasteiger partial charge in [0.05, 0.1) is 5.57 Å². The largest absolute Gasteiger partial charge is 0.444 e. The Bertz CT molecular complexity index is 994. The number of nitrogens with two attached hydrogens (primary N) is 1. The van der Waals surface area contributed by atoms with Crippen molar-refractivity contribution in [3.8, 4) is 6.07 Å².